The van der Waals surface area contributed by atoms with Crippen LogP contribution in [-0.2, 0) is 4.74 Å². The average Bonchev–Trinajstić information content (AvgIpc) is 2.29. The molecular formula is C14H29NO. The second-order valence-electron chi connectivity index (χ2n) is 5.29. The van der Waals surface area contributed by atoms with E-state index in [4.69, 9.17) is 4.74 Å². The Balaban J connectivity index is 2.03. The minimum Gasteiger partial charge on any atom is -0.381 e. The van der Waals surface area contributed by atoms with Crippen molar-refractivity contribution in [2.45, 2.75) is 58.9 Å². The summed E-state index contributed by atoms with van der Waals surface area (Å²) >= 11 is 0. The third kappa shape index (κ3) is 4.84. The highest BCUT2D eigenvalue weighted by atomic mass is 16.5. The molecule has 2 nitrogen and oxygen atoms in total. The fourth-order valence-electron chi connectivity index (χ4n) is 2.58. The Morgan fingerprint density at radius 2 is 2.00 bits per heavy atom. The van der Waals surface area contributed by atoms with Gasteiger partial charge in [0.15, 0.2) is 0 Å². The van der Waals surface area contributed by atoms with E-state index < -0.39 is 0 Å². The Kier molecular flexibility index (Phi) is 7.06. The summed E-state index contributed by atoms with van der Waals surface area (Å²) < 4.78 is 5.48. The van der Waals surface area contributed by atoms with E-state index in [1.54, 1.807) is 0 Å². The highest BCUT2D eigenvalue weighted by Gasteiger charge is 2.26. The lowest BCUT2D eigenvalue weighted by atomic mass is 9.78. The summed E-state index contributed by atoms with van der Waals surface area (Å²) in [5.41, 5.74) is 0. The number of hydrogen-bond acceptors (Lipinski definition) is 2. The fraction of sp³-hybridized carbons (Fsp3) is 1.00. The zero-order chi connectivity index (χ0) is 11.8. The molecule has 16 heavy (non-hydrogen) atoms. The molecule has 3 unspecified atom stereocenters. The summed E-state index contributed by atoms with van der Waals surface area (Å²) in [6.45, 7) is 9.89. The number of hydrogen-bond donors (Lipinski definition) is 1. The number of rotatable bonds is 7. The molecule has 0 spiro atoms. The summed E-state index contributed by atoms with van der Waals surface area (Å²) in [5, 5.41) is 3.70. The van der Waals surface area contributed by atoms with Gasteiger partial charge in [0.25, 0.3) is 0 Å². The highest BCUT2D eigenvalue weighted by molar-refractivity contribution is 4.81. The quantitative estimate of drug-likeness (QED) is 0.674. The molecule has 1 aliphatic rings. The zero-order valence-corrected chi connectivity index (χ0v) is 11.3. The summed E-state index contributed by atoms with van der Waals surface area (Å²) in [7, 11) is 0. The van der Waals surface area contributed by atoms with Crippen LogP contribution in [-0.4, -0.2) is 25.8 Å². The Labute approximate surface area is 101 Å². The van der Waals surface area contributed by atoms with Gasteiger partial charge in [-0.2, -0.15) is 0 Å². The lowest BCUT2D eigenvalue weighted by Crippen LogP contribution is -2.41. The minimum atomic E-state index is 0.745. The molecule has 0 aromatic rings. The Morgan fingerprint density at radius 1 is 1.19 bits per heavy atom. The van der Waals surface area contributed by atoms with Crippen LogP contribution in [0.3, 0.4) is 0 Å². The molecule has 3 atom stereocenters. The van der Waals surface area contributed by atoms with E-state index in [1.165, 1.54) is 19.3 Å². The van der Waals surface area contributed by atoms with Crippen molar-refractivity contribution >= 4 is 0 Å². The van der Waals surface area contributed by atoms with E-state index in [2.05, 4.69) is 26.1 Å². The van der Waals surface area contributed by atoms with E-state index in [1.807, 2.05) is 0 Å². The van der Waals surface area contributed by atoms with Crippen LogP contribution in [0.5, 0.6) is 0 Å². The first-order valence-corrected chi connectivity index (χ1v) is 7.06. The molecule has 96 valence electrons. The predicted octanol–water partition coefficient (Wildman–Crippen LogP) is 3.22. The highest BCUT2D eigenvalue weighted by Crippen LogP contribution is 2.29. The van der Waals surface area contributed by atoms with Crippen molar-refractivity contribution in [3.63, 3.8) is 0 Å². The lowest BCUT2D eigenvalue weighted by molar-refractivity contribution is 0.128. The Bertz CT molecular complexity index is 172. The maximum Gasteiger partial charge on any atom is 0.0478 e. The van der Waals surface area contributed by atoms with Gasteiger partial charge in [-0.3, -0.25) is 0 Å². The van der Waals surface area contributed by atoms with E-state index in [9.17, 15) is 0 Å². The van der Waals surface area contributed by atoms with Gasteiger partial charge in [-0.25, -0.2) is 0 Å². The van der Waals surface area contributed by atoms with Crippen molar-refractivity contribution in [2.75, 3.05) is 19.8 Å². The van der Waals surface area contributed by atoms with Gasteiger partial charge in [0, 0.05) is 19.3 Å². The summed E-state index contributed by atoms with van der Waals surface area (Å²) in [5.74, 6) is 1.73. The van der Waals surface area contributed by atoms with Crippen LogP contribution in [0.4, 0.5) is 0 Å². The third-order valence-electron chi connectivity index (χ3n) is 3.93. The SMILES string of the molecule is CCCOCCCNC1CCCC(C)C1C. The summed E-state index contributed by atoms with van der Waals surface area (Å²) in [6, 6.07) is 0.745. The molecule has 1 fully saturated rings. The van der Waals surface area contributed by atoms with Gasteiger partial charge < -0.3 is 10.1 Å². The standard InChI is InChI=1S/C14H29NO/c1-4-10-16-11-6-9-15-14-8-5-7-12(2)13(14)3/h12-15H,4-11H2,1-3H3. The molecule has 1 rings (SSSR count). The molecule has 2 heteroatoms. The van der Waals surface area contributed by atoms with Gasteiger partial charge >= 0.3 is 0 Å². The van der Waals surface area contributed by atoms with Crippen molar-refractivity contribution < 1.29 is 4.74 Å². The fourth-order valence-corrected chi connectivity index (χ4v) is 2.58. The Morgan fingerprint density at radius 3 is 2.75 bits per heavy atom. The molecule has 1 N–H and O–H groups in total. The number of nitrogens with one attached hydrogen (secondary N) is 1. The molecule has 0 amide bonds. The van der Waals surface area contributed by atoms with Crippen LogP contribution in [0.1, 0.15) is 52.9 Å². The largest absolute Gasteiger partial charge is 0.381 e. The lowest BCUT2D eigenvalue weighted by Gasteiger charge is -2.34. The molecule has 1 saturated carbocycles. The molecule has 0 heterocycles. The smallest absolute Gasteiger partial charge is 0.0478 e. The zero-order valence-electron chi connectivity index (χ0n) is 11.3. The van der Waals surface area contributed by atoms with Crippen molar-refractivity contribution in [1.82, 2.24) is 5.32 Å². The summed E-state index contributed by atoms with van der Waals surface area (Å²) in [6.07, 6.45) is 6.46. The van der Waals surface area contributed by atoms with Crippen LogP contribution >= 0.6 is 0 Å². The van der Waals surface area contributed by atoms with Crippen LogP contribution in [0.2, 0.25) is 0 Å². The average molecular weight is 227 g/mol. The van der Waals surface area contributed by atoms with E-state index in [0.29, 0.717) is 0 Å². The van der Waals surface area contributed by atoms with Gasteiger partial charge in [0.1, 0.15) is 0 Å². The van der Waals surface area contributed by atoms with Crippen molar-refractivity contribution in [3.8, 4) is 0 Å². The number of ether oxygens (including phenoxy) is 1. The van der Waals surface area contributed by atoms with Crippen molar-refractivity contribution in [3.05, 3.63) is 0 Å². The maximum atomic E-state index is 5.48. The first kappa shape index (κ1) is 14.0. The van der Waals surface area contributed by atoms with E-state index >= 15 is 0 Å². The first-order valence-electron chi connectivity index (χ1n) is 7.06. The van der Waals surface area contributed by atoms with Crippen LogP contribution in [0.25, 0.3) is 0 Å². The van der Waals surface area contributed by atoms with E-state index in [-0.39, 0.29) is 0 Å². The van der Waals surface area contributed by atoms with Gasteiger partial charge in [-0.15, -0.1) is 0 Å². The van der Waals surface area contributed by atoms with Gasteiger partial charge in [0.05, 0.1) is 0 Å². The molecular weight excluding hydrogens is 198 g/mol. The maximum absolute atomic E-state index is 5.48. The third-order valence-corrected chi connectivity index (χ3v) is 3.93. The molecule has 0 radical (unpaired) electrons. The minimum absolute atomic E-state index is 0.745. The predicted molar refractivity (Wildman–Crippen MR) is 69.7 cm³/mol. The monoisotopic (exact) mass is 227 g/mol. The molecule has 0 aliphatic heterocycles. The second kappa shape index (κ2) is 8.08. The van der Waals surface area contributed by atoms with Crippen molar-refractivity contribution in [2.24, 2.45) is 11.8 Å². The second-order valence-corrected chi connectivity index (χ2v) is 5.29. The normalized spacial score (nSPS) is 30.6. The van der Waals surface area contributed by atoms with Crippen LogP contribution in [0, 0.1) is 11.8 Å². The van der Waals surface area contributed by atoms with Gasteiger partial charge in [0.2, 0.25) is 0 Å². The molecule has 1 aliphatic carbocycles. The molecule has 0 aromatic carbocycles. The van der Waals surface area contributed by atoms with Gasteiger partial charge in [-0.1, -0.05) is 33.6 Å². The van der Waals surface area contributed by atoms with E-state index in [0.717, 1.165) is 50.5 Å². The Hall–Kier alpha value is -0.0800. The van der Waals surface area contributed by atoms with Crippen LogP contribution < -0.4 is 5.32 Å². The topological polar surface area (TPSA) is 21.3 Å². The molecule has 0 aromatic heterocycles. The first-order chi connectivity index (χ1) is 7.75. The van der Waals surface area contributed by atoms with Gasteiger partial charge in [-0.05, 0) is 37.6 Å². The summed E-state index contributed by atoms with van der Waals surface area (Å²) in [4.78, 5) is 0. The molecule has 0 saturated heterocycles. The van der Waals surface area contributed by atoms with Crippen LogP contribution in [0.15, 0.2) is 0 Å². The molecule has 0 bridgehead atoms. The van der Waals surface area contributed by atoms with Crippen molar-refractivity contribution in [1.29, 1.82) is 0 Å².